The smallest absolute Gasteiger partial charge is 0.251 e. The number of nitrogens with two attached hydrogens (primary N) is 1. The first-order valence-electron chi connectivity index (χ1n) is 9.85. The van der Waals surface area contributed by atoms with Gasteiger partial charge in [0.1, 0.15) is 0 Å². The van der Waals surface area contributed by atoms with E-state index in [0.29, 0.717) is 17.8 Å². The number of anilines is 1. The van der Waals surface area contributed by atoms with E-state index in [0.717, 1.165) is 65.0 Å². The highest BCUT2D eigenvalue weighted by molar-refractivity contribution is 5.99. The molecule has 148 valence electrons. The highest BCUT2D eigenvalue weighted by Crippen LogP contribution is 2.27. The van der Waals surface area contributed by atoms with E-state index in [2.05, 4.69) is 15.5 Å². The zero-order valence-electron chi connectivity index (χ0n) is 15.8. The van der Waals surface area contributed by atoms with Crippen molar-refractivity contribution in [1.29, 1.82) is 0 Å². The van der Waals surface area contributed by atoms with Crippen molar-refractivity contribution in [3.05, 3.63) is 29.8 Å². The largest absolute Gasteiger partial charge is 0.379 e. The van der Waals surface area contributed by atoms with E-state index >= 15 is 0 Å². The van der Waals surface area contributed by atoms with Gasteiger partial charge in [-0.2, -0.15) is 0 Å². The fraction of sp³-hybridized carbons (Fsp3) is 0.600. The number of morpholine rings is 1. The Kier molecular flexibility index (Phi) is 6.82. The average molecular weight is 374 g/mol. The Balaban J connectivity index is 1.46. The number of hydrogen-bond acceptors (Lipinski definition) is 5. The normalized spacial score (nSPS) is 20.0. The van der Waals surface area contributed by atoms with Crippen LogP contribution in [0, 0.1) is 0 Å². The van der Waals surface area contributed by atoms with Gasteiger partial charge in [-0.1, -0.05) is 19.3 Å². The molecule has 4 N–H and O–H groups in total. The number of ether oxygens (including phenoxy) is 1. The van der Waals surface area contributed by atoms with Crippen LogP contribution in [-0.4, -0.2) is 61.6 Å². The molecule has 1 heterocycles. The molecule has 1 aromatic carbocycles. The fourth-order valence-electron chi connectivity index (χ4n) is 3.62. The molecule has 7 nitrogen and oxygen atoms in total. The van der Waals surface area contributed by atoms with Crippen LogP contribution in [-0.2, 0) is 9.53 Å². The molecule has 0 radical (unpaired) electrons. The Morgan fingerprint density at radius 2 is 1.74 bits per heavy atom. The Morgan fingerprint density at radius 1 is 1.07 bits per heavy atom. The van der Waals surface area contributed by atoms with E-state index in [1.54, 1.807) is 24.3 Å². The van der Waals surface area contributed by atoms with Crippen LogP contribution >= 0.6 is 0 Å². The molecule has 2 amide bonds. The summed E-state index contributed by atoms with van der Waals surface area (Å²) in [6.45, 7) is 4.76. The maximum absolute atomic E-state index is 12.5. The number of carbonyl (C=O) groups is 2. The Hall–Kier alpha value is -1.96. The first kappa shape index (κ1) is 19.8. The lowest BCUT2D eigenvalue weighted by Crippen LogP contribution is -2.52. The summed E-state index contributed by atoms with van der Waals surface area (Å²) >= 11 is 0. The van der Waals surface area contributed by atoms with E-state index in [1.165, 1.54) is 0 Å². The monoisotopic (exact) mass is 374 g/mol. The molecule has 7 heteroatoms. The Labute approximate surface area is 160 Å². The van der Waals surface area contributed by atoms with Gasteiger partial charge in [0.15, 0.2) is 0 Å². The van der Waals surface area contributed by atoms with Crippen LogP contribution in [0.25, 0.3) is 0 Å². The van der Waals surface area contributed by atoms with Gasteiger partial charge in [0.2, 0.25) is 5.91 Å². The van der Waals surface area contributed by atoms with Crippen LogP contribution in [0.2, 0.25) is 0 Å². The van der Waals surface area contributed by atoms with Crippen molar-refractivity contribution in [2.24, 2.45) is 5.73 Å². The number of benzene rings is 1. The summed E-state index contributed by atoms with van der Waals surface area (Å²) < 4.78 is 5.31. The Bertz CT molecular complexity index is 635. The van der Waals surface area contributed by atoms with E-state index in [9.17, 15) is 9.59 Å². The van der Waals surface area contributed by atoms with Crippen LogP contribution in [0.15, 0.2) is 24.3 Å². The van der Waals surface area contributed by atoms with Crippen molar-refractivity contribution in [2.75, 3.05) is 44.7 Å². The van der Waals surface area contributed by atoms with Crippen LogP contribution < -0.4 is 16.4 Å². The molecule has 1 saturated heterocycles. The fourth-order valence-corrected chi connectivity index (χ4v) is 3.62. The molecule has 1 aliphatic carbocycles. The second-order valence-corrected chi connectivity index (χ2v) is 7.46. The quantitative estimate of drug-likeness (QED) is 0.698. The van der Waals surface area contributed by atoms with Crippen LogP contribution in [0.4, 0.5) is 5.69 Å². The van der Waals surface area contributed by atoms with Gasteiger partial charge in [0.25, 0.3) is 5.91 Å². The molecule has 1 aromatic rings. The summed E-state index contributed by atoms with van der Waals surface area (Å²) in [5.41, 5.74) is 6.73. The minimum atomic E-state index is -0.770. The molecule has 0 spiro atoms. The molecule has 0 atom stereocenters. The number of nitrogens with zero attached hydrogens (tertiary/aromatic N) is 1. The highest BCUT2D eigenvalue weighted by Gasteiger charge is 2.35. The van der Waals surface area contributed by atoms with Crippen molar-refractivity contribution in [3.8, 4) is 0 Å². The van der Waals surface area contributed by atoms with Gasteiger partial charge in [0.05, 0.1) is 18.8 Å². The summed E-state index contributed by atoms with van der Waals surface area (Å²) in [6.07, 6.45) is 4.58. The van der Waals surface area contributed by atoms with E-state index in [-0.39, 0.29) is 11.8 Å². The van der Waals surface area contributed by atoms with E-state index in [1.807, 2.05) is 0 Å². The average Bonchev–Trinajstić information content (AvgIpc) is 2.70. The lowest BCUT2D eigenvalue weighted by atomic mass is 9.82. The number of carbonyl (C=O) groups excluding carboxylic acids is 2. The molecular weight excluding hydrogens is 344 g/mol. The summed E-state index contributed by atoms with van der Waals surface area (Å²) in [5, 5.41) is 5.83. The molecule has 1 saturated carbocycles. The topological polar surface area (TPSA) is 96.7 Å². The number of amides is 2. The molecule has 1 aliphatic heterocycles. The third-order valence-electron chi connectivity index (χ3n) is 5.42. The van der Waals surface area contributed by atoms with E-state index in [4.69, 9.17) is 10.5 Å². The summed E-state index contributed by atoms with van der Waals surface area (Å²) in [5.74, 6) is -0.242. The van der Waals surface area contributed by atoms with Crippen molar-refractivity contribution < 1.29 is 14.3 Å². The summed E-state index contributed by atoms with van der Waals surface area (Å²) in [6, 6.07) is 6.95. The van der Waals surface area contributed by atoms with Gasteiger partial charge in [-0.05, 0) is 37.1 Å². The summed E-state index contributed by atoms with van der Waals surface area (Å²) in [4.78, 5) is 27.0. The molecule has 0 bridgehead atoms. The summed E-state index contributed by atoms with van der Waals surface area (Å²) in [7, 11) is 0. The van der Waals surface area contributed by atoms with Crippen LogP contribution in [0.1, 0.15) is 42.5 Å². The van der Waals surface area contributed by atoms with Crippen molar-refractivity contribution in [3.63, 3.8) is 0 Å². The third-order valence-corrected chi connectivity index (χ3v) is 5.42. The van der Waals surface area contributed by atoms with Crippen LogP contribution in [0.3, 0.4) is 0 Å². The SMILES string of the molecule is NC1(C(=O)Nc2ccc(C(=O)NCCN3CCOCC3)cc2)CCCCC1. The number of rotatable bonds is 6. The van der Waals surface area contributed by atoms with Crippen LogP contribution in [0.5, 0.6) is 0 Å². The molecule has 2 aliphatic rings. The number of hydrogen-bond donors (Lipinski definition) is 3. The standard InChI is InChI=1S/C20H30N4O3/c21-20(8-2-1-3-9-20)19(26)23-17-6-4-16(5-7-17)18(25)22-10-11-24-12-14-27-15-13-24/h4-7H,1-3,8-15,21H2,(H,22,25)(H,23,26). The van der Waals surface area contributed by atoms with Crippen molar-refractivity contribution >= 4 is 17.5 Å². The first-order chi connectivity index (χ1) is 13.1. The molecular formula is C20H30N4O3. The first-order valence-corrected chi connectivity index (χ1v) is 9.85. The zero-order chi connectivity index (χ0) is 19.1. The second-order valence-electron chi connectivity index (χ2n) is 7.46. The lowest BCUT2D eigenvalue weighted by Gasteiger charge is -2.31. The molecule has 0 unspecified atom stereocenters. The Morgan fingerprint density at radius 3 is 2.41 bits per heavy atom. The maximum atomic E-state index is 12.5. The molecule has 27 heavy (non-hydrogen) atoms. The molecule has 0 aromatic heterocycles. The second kappa shape index (κ2) is 9.30. The van der Waals surface area contributed by atoms with E-state index < -0.39 is 5.54 Å². The molecule has 2 fully saturated rings. The minimum Gasteiger partial charge on any atom is -0.379 e. The van der Waals surface area contributed by atoms with Gasteiger partial charge in [0, 0.05) is 37.4 Å². The predicted molar refractivity (Wildman–Crippen MR) is 105 cm³/mol. The third kappa shape index (κ3) is 5.51. The van der Waals surface area contributed by atoms with Crippen molar-refractivity contribution in [2.45, 2.75) is 37.6 Å². The lowest BCUT2D eigenvalue weighted by molar-refractivity contribution is -0.122. The number of nitrogens with one attached hydrogen (secondary N) is 2. The van der Waals surface area contributed by atoms with Crippen molar-refractivity contribution in [1.82, 2.24) is 10.2 Å². The highest BCUT2D eigenvalue weighted by atomic mass is 16.5. The predicted octanol–water partition coefficient (Wildman–Crippen LogP) is 1.35. The van der Waals surface area contributed by atoms with Gasteiger partial charge < -0.3 is 21.1 Å². The maximum Gasteiger partial charge on any atom is 0.251 e. The minimum absolute atomic E-state index is 0.108. The van der Waals surface area contributed by atoms with Gasteiger partial charge in [-0.3, -0.25) is 14.5 Å². The van der Waals surface area contributed by atoms with Gasteiger partial charge in [-0.15, -0.1) is 0 Å². The van der Waals surface area contributed by atoms with Gasteiger partial charge in [-0.25, -0.2) is 0 Å². The molecule has 3 rings (SSSR count). The zero-order valence-corrected chi connectivity index (χ0v) is 15.8. The van der Waals surface area contributed by atoms with Gasteiger partial charge >= 0.3 is 0 Å².